The maximum absolute atomic E-state index is 13.1. The van der Waals surface area contributed by atoms with Crippen molar-refractivity contribution in [3.8, 4) is 0 Å². The van der Waals surface area contributed by atoms with Crippen molar-refractivity contribution in [3.05, 3.63) is 59.7 Å². The third-order valence-corrected chi connectivity index (χ3v) is 5.20. The predicted octanol–water partition coefficient (Wildman–Crippen LogP) is 3.53. The molecule has 1 atom stereocenters. The van der Waals surface area contributed by atoms with Crippen LogP contribution in [0.1, 0.15) is 41.7 Å². The van der Waals surface area contributed by atoms with Crippen LogP contribution in [-0.4, -0.2) is 24.3 Å². The fraction of sp³-hybridized carbons (Fsp3) is 0.250. The maximum atomic E-state index is 13.1. The second-order valence-electron chi connectivity index (χ2n) is 5.81. The molecule has 0 spiro atoms. The van der Waals surface area contributed by atoms with E-state index in [1.807, 2.05) is 42.5 Å². The Kier molecular flexibility index (Phi) is 5.73. The Morgan fingerprint density at radius 1 is 1.04 bits per heavy atom. The first-order valence-electron chi connectivity index (χ1n) is 8.45. The molecule has 0 saturated heterocycles. The lowest BCUT2D eigenvalue weighted by Gasteiger charge is -2.18. The maximum Gasteiger partial charge on any atom is 0.306 e. The van der Waals surface area contributed by atoms with E-state index in [2.05, 4.69) is 5.32 Å². The van der Waals surface area contributed by atoms with Crippen molar-refractivity contribution in [1.29, 1.82) is 0 Å². The summed E-state index contributed by atoms with van der Waals surface area (Å²) in [6, 6.07) is 14.2. The molecule has 134 valence electrons. The van der Waals surface area contributed by atoms with E-state index in [1.165, 1.54) is 11.8 Å². The van der Waals surface area contributed by atoms with Gasteiger partial charge in [-0.15, -0.1) is 0 Å². The van der Waals surface area contributed by atoms with Crippen molar-refractivity contribution >= 4 is 29.4 Å². The van der Waals surface area contributed by atoms with Gasteiger partial charge in [-0.25, -0.2) is 0 Å². The summed E-state index contributed by atoms with van der Waals surface area (Å²) in [7, 11) is 0. The number of esters is 1. The number of rotatable bonds is 5. The molecule has 5 nitrogen and oxygen atoms in total. The minimum absolute atomic E-state index is 0.00638. The quantitative estimate of drug-likeness (QED) is 0.816. The fourth-order valence-corrected chi connectivity index (χ4v) is 3.92. The monoisotopic (exact) mass is 369 g/mol. The van der Waals surface area contributed by atoms with Gasteiger partial charge >= 0.3 is 5.97 Å². The van der Waals surface area contributed by atoms with Gasteiger partial charge in [-0.2, -0.15) is 0 Å². The molecule has 0 bridgehead atoms. The normalized spacial score (nSPS) is 15.4. The summed E-state index contributed by atoms with van der Waals surface area (Å²) in [4.78, 5) is 38.6. The van der Waals surface area contributed by atoms with Crippen LogP contribution in [0.25, 0.3) is 0 Å². The van der Waals surface area contributed by atoms with Crippen LogP contribution >= 0.6 is 11.8 Å². The number of ketones is 1. The lowest BCUT2D eigenvalue weighted by atomic mass is 9.97. The molecule has 0 fully saturated rings. The molecule has 1 heterocycles. The molecule has 0 aliphatic carbocycles. The number of hydrogen-bond acceptors (Lipinski definition) is 5. The van der Waals surface area contributed by atoms with Gasteiger partial charge in [-0.05, 0) is 24.6 Å². The summed E-state index contributed by atoms with van der Waals surface area (Å²) in [6.45, 7) is 2.00. The van der Waals surface area contributed by atoms with Crippen LogP contribution in [0.5, 0.6) is 0 Å². The van der Waals surface area contributed by atoms with E-state index in [4.69, 9.17) is 4.74 Å². The molecule has 3 rings (SSSR count). The Balaban J connectivity index is 1.84. The molecule has 2 aromatic rings. The largest absolute Gasteiger partial charge is 0.466 e. The Labute approximate surface area is 156 Å². The Morgan fingerprint density at radius 2 is 1.73 bits per heavy atom. The predicted molar refractivity (Wildman–Crippen MR) is 98.1 cm³/mol. The molecule has 0 aromatic heterocycles. The van der Waals surface area contributed by atoms with E-state index < -0.39 is 12.0 Å². The summed E-state index contributed by atoms with van der Waals surface area (Å²) in [5.74, 6) is -0.922. The van der Waals surface area contributed by atoms with Crippen LogP contribution in [0.4, 0.5) is 0 Å². The average molecular weight is 369 g/mol. The zero-order valence-electron chi connectivity index (χ0n) is 14.4. The summed E-state index contributed by atoms with van der Waals surface area (Å²) in [5.41, 5.74) is 1.35. The Morgan fingerprint density at radius 3 is 2.50 bits per heavy atom. The SMILES string of the molecule is CCOC(=O)CCC(=O)NC1C(=O)c2ccccc2Sc2ccccc21. The molecule has 0 radical (unpaired) electrons. The van der Waals surface area contributed by atoms with Crippen molar-refractivity contribution in [2.75, 3.05) is 6.61 Å². The molecule has 6 heteroatoms. The van der Waals surface area contributed by atoms with Crippen LogP contribution in [0.2, 0.25) is 0 Å². The fourth-order valence-electron chi connectivity index (χ4n) is 2.81. The summed E-state index contributed by atoms with van der Waals surface area (Å²) in [5, 5.41) is 2.79. The summed E-state index contributed by atoms with van der Waals surface area (Å²) in [6.07, 6.45) is -0.0207. The molecular weight excluding hydrogens is 350 g/mol. The van der Waals surface area contributed by atoms with E-state index in [9.17, 15) is 14.4 Å². The molecule has 1 aliphatic heterocycles. The highest BCUT2D eigenvalue weighted by Gasteiger charge is 2.31. The van der Waals surface area contributed by atoms with Gasteiger partial charge in [0.25, 0.3) is 0 Å². The Hall–Kier alpha value is -2.60. The van der Waals surface area contributed by atoms with Crippen LogP contribution in [0, 0.1) is 0 Å². The standard InChI is InChI=1S/C20H19NO4S/c1-2-25-18(23)12-11-17(22)21-19-13-7-3-5-9-15(13)26-16-10-6-4-8-14(16)20(19)24/h3-10,19H,2,11-12H2,1H3,(H,21,22). The van der Waals surface area contributed by atoms with Crippen LogP contribution in [0.15, 0.2) is 58.3 Å². The van der Waals surface area contributed by atoms with E-state index in [0.717, 1.165) is 15.4 Å². The van der Waals surface area contributed by atoms with E-state index in [1.54, 1.807) is 13.0 Å². The highest BCUT2D eigenvalue weighted by Crippen LogP contribution is 2.40. The number of hydrogen-bond donors (Lipinski definition) is 1. The molecule has 1 N–H and O–H groups in total. The van der Waals surface area contributed by atoms with Crippen molar-refractivity contribution in [1.82, 2.24) is 5.32 Å². The minimum atomic E-state index is -0.767. The molecule has 26 heavy (non-hydrogen) atoms. The van der Waals surface area contributed by atoms with Gasteiger partial charge in [-0.1, -0.05) is 48.2 Å². The first-order chi connectivity index (χ1) is 12.6. The van der Waals surface area contributed by atoms with Gasteiger partial charge in [0.1, 0.15) is 6.04 Å². The van der Waals surface area contributed by atoms with Crippen molar-refractivity contribution in [3.63, 3.8) is 0 Å². The summed E-state index contributed by atoms with van der Waals surface area (Å²) >= 11 is 1.52. The number of nitrogens with one attached hydrogen (secondary N) is 1. The number of carbonyl (C=O) groups is 3. The molecule has 1 aliphatic rings. The van der Waals surface area contributed by atoms with Gasteiger partial charge < -0.3 is 10.1 Å². The number of fused-ring (bicyclic) bond motifs is 2. The molecule has 0 saturated carbocycles. The number of ether oxygens (including phenoxy) is 1. The lowest BCUT2D eigenvalue weighted by Crippen LogP contribution is -2.34. The second-order valence-corrected chi connectivity index (χ2v) is 6.89. The topological polar surface area (TPSA) is 72.5 Å². The number of amides is 1. The van der Waals surface area contributed by atoms with E-state index in [-0.39, 0.29) is 31.1 Å². The molecule has 2 aromatic carbocycles. The molecule has 1 amide bonds. The number of benzene rings is 2. The highest BCUT2D eigenvalue weighted by molar-refractivity contribution is 7.99. The van der Waals surface area contributed by atoms with Gasteiger partial charge in [0.15, 0.2) is 5.78 Å². The van der Waals surface area contributed by atoms with Crippen LogP contribution in [0.3, 0.4) is 0 Å². The van der Waals surface area contributed by atoms with Crippen molar-refractivity contribution in [2.24, 2.45) is 0 Å². The zero-order chi connectivity index (χ0) is 18.5. The average Bonchev–Trinajstić information content (AvgIpc) is 2.76. The zero-order valence-corrected chi connectivity index (χ0v) is 15.2. The van der Waals surface area contributed by atoms with Gasteiger partial charge in [-0.3, -0.25) is 14.4 Å². The third-order valence-electron chi connectivity index (χ3n) is 4.03. The first-order valence-corrected chi connectivity index (χ1v) is 9.26. The molecular formula is C20H19NO4S. The van der Waals surface area contributed by atoms with Crippen molar-refractivity contribution in [2.45, 2.75) is 35.6 Å². The van der Waals surface area contributed by atoms with Crippen LogP contribution < -0.4 is 5.32 Å². The third kappa shape index (κ3) is 3.96. The lowest BCUT2D eigenvalue weighted by molar-refractivity contribution is -0.144. The van der Waals surface area contributed by atoms with Crippen molar-refractivity contribution < 1.29 is 19.1 Å². The smallest absolute Gasteiger partial charge is 0.306 e. The van der Waals surface area contributed by atoms with E-state index in [0.29, 0.717) is 5.56 Å². The number of carbonyl (C=O) groups excluding carboxylic acids is 3. The Bertz CT molecular complexity index is 849. The highest BCUT2D eigenvalue weighted by atomic mass is 32.2. The minimum Gasteiger partial charge on any atom is -0.466 e. The second kappa shape index (κ2) is 8.19. The van der Waals surface area contributed by atoms with Gasteiger partial charge in [0, 0.05) is 21.8 Å². The van der Waals surface area contributed by atoms with Gasteiger partial charge in [0.2, 0.25) is 5.91 Å². The van der Waals surface area contributed by atoms with Crippen LogP contribution in [-0.2, 0) is 14.3 Å². The van der Waals surface area contributed by atoms with Gasteiger partial charge in [0.05, 0.1) is 13.0 Å². The number of Topliss-reactive ketones (excluding diaryl/α,β-unsaturated/α-hetero) is 1. The molecule has 1 unspecified atom stereocenters. The first kappa shape index (κ1) is 18.2. The summed E-state index contributed by atoms with van der Waals surface area (Å²) < 4.78 is 4.84. The van der Waals surface area contributed by atoms with E-state index >= 15 is 0 Å².